The molecule has 1 aliphatic carbocycles. The Labute approximate surface area is 216 Å². The molecule has 1 saturated carbocycles. The topological polar surface area (TPSA) is 84.5 Å². The number of hydrogen-bond donors (Lipinski definition) is 1. The second kappa shape index (κ2) is 9.78. The Balaban J connectivity index is 1.02. The number of fused-ring (bicyclic) bond motifs is 2. The number of anilines is 1. The minimum Gasteiger partial charge on any atom is -0.353 e. The number of piperazine rings is 1. The van der Waals surface area contributed by atoms with Gasteiger partial charge in [0.15, 0.2) is 0 Å². The van der Waals surface area contributed by atoms with E-state index in [4.69, 9.17) is 9.51 Å². The molecule has 0 amide bonds. The molecule has 1 aliphatic heterocycles. The van der Waals surface area contributed by atoms with Crippen LogP contribution in [0.1, 0.15) is 38.1 Å². The molecule has 2 aliphatic rings. The van der Waals surface area contributed by atoms with Crippen LogP contribution in [0.3, 0.4) is 0 Å². The van der Waals surface area contributed by atoms with Gasteiger partial charge in [0.25, 0.3) is 0 Å². The SMILES string of the molecule is NS(=O)(=O)c1cn(C2CCC(CCN3CCN(c4nsc5ccccc45)CC3)CC2)c2ccccc12. The summed E-state index contributed by atoms with van der Waals surface area (Å²) >= 11 is 1.60. The highest BCUT2D eigenvalue weighted by atomic mass is 32.2. The maximum atomic E-state index is 12.1. The van der Waals surface area contributed by atoms with Crippen molar-refractivity contribution in [3.05, 3.63) is 54.7 Å². The van der Waals surface area contributed by atoms with Crippen LogP contribution in [0.15, 0.2) is 59.6 Å². The smallest absolute Gasteiger partial charge is 0.240 e. The molecule has 0 atom stereocenters. The molecule has 36 heavy (non-hydrogen) atoms. The molecule has 1 saturated heterocycles. The summed E-state index contributed by atoms with van der Waals surface area (Å²) in [5.74, 6) is 1.89. The van der Waals surface area contributed by atoms with Crippen molar-refractivity contribution in [3.63, 3.8) is 0 Å². The summed E-state index contributed by atoms with van der Waals surface area (Å²) in [4.78, 5) is 5.29. The van der Waals surface area contributed by atoms with Crippen molar-refractivity contribution in [1.82, 2.24) is 13.8 Å². The molecule has 0 unspecified atom stereocenters. The lowest BCUT2D eigenvalue weighted by atomic mass is 9.84. The van der Waals surface area contributed by atoms with E-state index in [1.165, 1.54) is 29.3 Å². The van der Waals surface area contributed by atoms with Crippen molar-refractivity contribution < 1.29 is 8.42 Å². The van der Waals surface area contributed by atoms with Crippen LogP contribution >= 0.6 is 11.5 Å². The molecule has 0 spiro atoms. The highest BCUT2D eigenvalue weighted by Gasteiger charge is 2.27. The fraction of sp³-hybridized carbons (Fsp3) is 0.444. The number of para-hydroxylation sites is 1. The summed E-state index contributed by atoms with van der Waals surface area (Å²) in [5, 5.41) is 7.51. The molecular formula is C27H33N5O2S2. The maximum Gasteiger partial charge on any atom is 0.240 e. The van der Waals surface area contributed by atoms with Gasteiger partial charge in [0.2, 0.25) is 10.0 Å². The first-order valence-electron chi connectivity index (χ1n) is 12.9. The van der Waals surface area contributed by atoms with E-state index >= 15 is 0 Å². The van der Waals surface area contributed by atoms with E-state index in [2.05, 4.69) is 38.6 Å². The molecule has 2 aromatic carbocycles. The lowest BCUT2D eigenvalue weighted by Gasteiger charge is -2.36. The van der Waals surface area contributed by atoms with Gasteiger partial charge in [0, 0.05) is 54.7 Å². The molecule has 6 rings (SSSR count). The van der Waals surface area contributed by atoms with E-state index in [-0.39, 0.29) is 4.90 Å². The summed E-state index contributed by atoms with van der Waals surface area (Å²) in [7, 11) is -3.74. The van der Waals surface area contributed by atoms with Crippen molar-refractivity contribution in [2.75, 3.05) is 37.6 Å². The van der Waals surface area contributed by atoms with Gasteiger partial charge in [-0.05, 0) is 74.3 Å². The van der Waals surface area contributed by atoms with Gasteiger partial charge in [-0.1, -0.05) is 30.3 Å². The fourth-order valence-corrected chi connectivity index (χ4v) is 7.60. The Morgan fingerprint density at radius 1 is 0.917 bits per heavy atom. The van der Waals surface area contributed by atoms with Crippen molar-refractivity contribution in [1.29, 1.82) is 0 Å². The normalized spacial score (nSPS) is 22.0. The average molecular weight is 524 g/mol. The van der Waals surface area contributed by atoms with Crippen LogP contribution in [-0.2, 0) is 10.0 Å². The van der Waals surface area contributed by atoms with Crippen LogP contribution in [0.4, 0.5) is 5.82 Å². The van der Waals surface area contributed by atoms with Gasteiger partial charge in [-0.3, -0.25) is 4.90 Å². The molecule has 0 radical (unpaired) electrons. The first-order valence-corrected chi connectivity index (χ1v) is 15.2. The third-order valence-corrected chi connectivity index (χ3v) is 9.86. The summed E-state index contributed by atoms with van der Waals surface area (Å²) in [6, 6.07) is 16.5. The molecule has 2 N–H and O–H groups in total. The molecular weight excluding hydrogens is 490 g/mol. The summed E-state index contributed by atoms with van der Waals surface area (Å²) in [5.41, 5.74) is 0.968. The number of rotatable bonds is 6. The van der Waals surface area contributed by atoms with E-state index in [1.807, 2.05) is 24.3 Å². The molecule has 2 fully saturated rings. The van der Waals surface area contributed by atoms with Gasteiger partial charge in [-0.25, -0.2) is 13.6 Å². The lowest BCUT2D eigenvalue weighted by Crippen LogP contribution is -2.47. The average Bonchev–Trinajstić information content (AvgIpc) is 3.50. The number of aromatic nitrogens is 2. The Kier molecular flexibility index (Phi) is 6.49. The van der Waals surface area contributed by atoms with Crippen molar-refractivity contribution >= 4 is 48.4 Å². The largest absolute Gasteiger partial charge is 0.353 e. The van der Waals surface area contributed by atoms with Crippen LogP contribution in [0.25, 0.3) is 21.0 Å². The second-order valence-corrected chi connectivity index (χ2v) is 12.6. The van der Waals surface area contributed by atoms with Crippen LogP contribution < -0.4 is 10.0 Å². The van der Waals surface area contributed by atoms with E-state index in [1.54, 1.807) is 17.7 Å². The summed E-state index contributed by atoms with van der Waals surface area (Å²) in [6.07, 6.45) is 7.53. The molecule has 190 valence electrons. The van der Waals surface area contributed by atoms with E-state index in [0.717, 1.165) is 68.2 Å². The Morgan fingerprint density at radius 3 is 2.36 bits per heavy atom. The highest BCUT2D eigenvalue weighted by Crippen LogP contribution is 2.38. The zero-order valence-electron chi connectivity index (χ0n) is 20.4. The molecule has 9 heteroatoms. The number of benzene rings is 2. The first kappa shape index (κ1) is 23.9. The number of nitrogens with zero attached hydrogens (tertiary/aromatic N) is 4. The predicted octanol–water partition coefficient (Wildman–Crippen LogP) is 4.84. The van der Waals surface area contributed by atoms with Gasteiger partial charge in [0.1, 0.15) is 10.7 Å². The van der Waals surface area contributed by atoms with Crippen LogP contribution in [0.2, 0.25) is 0 Å². The molecule has 7 nitrogen and oxygen atoms in total. The Bertz CT molecular complexity index is 1460. The van der Waals surface area contributed by atoms with E-state index in [9.17, 15) is 8.42 Å². The number of primary sulfonamides is 1. The number of nitrogens with two attached hydrogens (primary N) is 1. The second-order valence-electron chi connectivity index (χ2n) is 10.3. The quantitative estimate of drug-likeness (QED) is 0.391. The lowest BCUT2D eigenvalue weighted by molar-refractivity contribution is 0.206. The zero-order valence-corrected chi connectivity index (χ0v) is 22.1. The standard InChI is InChI=1S/C27H33N5O2S2/c28-36(33,34)26-19-32(24-7-3-1-5-22(24)26)21-11-9-20(10-12-21)13-14-30-15-17-31(18-16-30)27-23-6-2-4-8-25(23)35-29-27/h1-8,19-21H,9-18H2,(H2,28,33,34). The molecule has 2 aromatic heterocycles. The molecule has 0 bridgehead atoms. The van der Waals surface area contributed by atoms with Crippen LogP contribution in [-0.4, -0.2) is 55.0 Å². The Morgan fingerprint density at radius 2 is 1.61 bits per heavy atom. The van der Waals surface area contributed by atoms with Gasteiger partial charge in [-0.2, -0.15) is 4.37 Å². The summed E-state index contributed by atoms with van der Waals surface area (Å²) < 4.78 is 32.4. The monoisotopic (exact) mass is 523 g/mol. The molecule has 4 aromatic rings. The number of sulfonamides is 1. The van der Waals surface area contributed by atoms with E-state index < -0.39 is 10.0 Å². The third kappa shape index (κ3) is 4.65. The number of hydrogen-bond acceptors (Lipinski definition) is 6. The minimum absolute atomic E-state index is 0.241. The van der Waals surface area contributed by atoms with Crippen LogP contribution in [0.5, 0.6) is 0 Å². The highest BCUT2D eigenvalue weighted by molar-refractivity contribution is 7.89. The Hall–Kier alpha value is -2.46. The molecule has 3 heterocycles. The van der Waals surface area contributed by atoms with Gasteiger partial charge in [0.05, 0.1) is 4.70 Å². The maximum absolute atomic E-state index is 12.1. The van der Waals surface area contributed by atoms with Gasteiger partial charge < -0.3 is 9.47 Å². The van der Waals surface area contributed by atoms with Crippen molar-refractivity contribution in [2.45, 2.75) is 43.0 Å². The van der Waals surface area contributed by atoms with Crippen molar-refractivity contribution in [2.24, 2.45) is 11.1 Å². The predicted molar refractivity (Wildman–Crippen MR) is 147 cm³/mol. The van der Waals surface area contributed by atoms with Gasteiger partial charge in [-0.15, -0.1) is 0 Å². The van der Waals surface area contributed by atoms with Crippen molar-refractivity contribution in [3.8, 4) is 0 Å². The van der Waals surface area contributed by atoms with Crippen LogP contribution in [0, 0.1) is 5.92 Å². The summed E-state index contributed by atoms with van der Waals surface area (Å²) in [6.45, 7) is 5.41. The minimum atomic E-state index is -3.74. The van der Waals surface area contributed by atoms with E-state index in [0.29, 0.717) is 6.04 Å². The zero-order chi connectivity index (χ0) is 24.7. The first-order chi connectivity index (χ1) is 17.5. The van der Waals surface area contributed by atoms with Gasteiger partial charge >= 0.3 is 0 Å². The fourth-order valence-electron chi connectivity index (χ4n) is 6.06. The third-order valence-electron chi connectivity index (χ3n) is 8.10.